The van der Waals surface area contributed by atoms with E-state index in [2.05, 4.69) is 10.3 Å². The van der Waals surface area contributed by atoms with Gasteiger partial charge in [0.2, 0.25) is 5.88 Å². The monoisotopic (exact) mass is 452 g/mol. The summed E-state index contributed by atoms with van der Waals surface area (Å²) in [4.78, 5) is 30.6. The molecule has 168 valence electrons. The number of para-hydroxylation sites is 1. The van der Waals surface area contributed by atoms with E-state index in [1.54, 1.807) is 60.8 Å². The van der Waals surface area contributed by atoms with Gasteiger partial charge in [-0.25, -0.2) is 0 Å². The minimum absolute atomic E-state index is 0.00701. The third-order valence-electron chi connectivity index (χ3n) is 5.02. The third kappa shape index (κ3) is 4.64. The molecule has 4 aromatic rings. The van der Waals surface area contributed by atoms with Gasteiger partial charge in [0.05, 0.1) is 7.11 Å². The highest BCUT2D eigenvalue weighted by atomic mass is 16.5. The molecule has 0 aliphatic heterocycles. The maximum atomic E-state index is 13.3. The van der Waals surface area contributed by atoms with E-state index in [-0.39, 0.29) is 17.0 Å². The van der Waals surface area contributed by atoms with Crippen molar-refractivity contribution < 1.29 is 14.3 Å². The molecule has 8 heteroatoms. The maximum absolute atomic E-state index is 13.3. The summed E-state index contributed by atoms with van der Waals surface area (Å²) in [6, 6.07) is 21.0. The number of rotatable bonds is 6. The topological polar surface area (TPSA) is 106 Å². The van der Waals surface area contributed by atoms with E-state index in [4.69, 9.17) is 9.47 Å². The zero-order chi connectivity index (χ0) is 24.1. The van der Waals surface area contributed by atoms with Crippen LogP contribution in [-0.2, 0) is 4.79 Å². The molecule has 0 aliphatic rings. The number of nitrogens with one attached hydrogen (secondary N) is 1. The molecule has 0 fully saturated rings. The van der Waals surface area contributed by atoms with Gasteiger partial charge in [-0.2, -0.15) is 10.2 Å². The summed E-state index contributed by atoms with van der Waals surface area (Å²) in [5, 5.41) is 12.3. The van der Waals surface area contributed by atoms with Crippen LogP contribution >= 0.6 is 0 Å². The number of benzene rings is 2. The molecule has 0 spiro atoms. The number of amides is 1. The predicted octanol–water partition coefficient (Wildman–Crippen LogP) is 4.35. The fourth-order valence-electron chi connectivity index (χ4n) is 3.25. The zero-order valence-corrected chi connectivity index (χ0v) is 18.5. The first-order valence-electron chi connectivity index (χ1n) is 10.3. The van der Waals surface area contributed by atoms with Crippen molar-refractivity contribution >= 4 is 23.3 Å². The smallest absolute Gasteiger partial charge is 0.269 e. The van der Waals surface area contributed by atoms with E-state index in [0.29, 0.717) is 22.8 Å². The Bertz CT molecular complexity index is 1520. The number of nitrogens with zero attached hydrogens (tertiary/aromatic N) is 3. The van der Waals surface area contributed by atoms with Crippen LogP contribution in [0, 0.1) is 18.3 Å². The zero-order valence-electron chi connectivity index (χ0n) is 18.5. The van der Waals surface area contributed by atoms with Gasteiger partial charge in [-0.15, -0.1) is 0 Å². The number of ether oxygens (including phenoxy) is 2. The number of carbonyl (C=O) groups excluding carboxylic acids is 1. The van der Waals surface area contributed by atoms with Crippen LogP contribution in [0.2, 0.25) is 0 Å². The summed E-state index contributed by atoms with van der Waals surface area (Å²) < 4.78 is 12.5. The molecule has 0 bridgehead atoms. The highest BCUT2D eigenvalue weighted by Crippen LogP contribution is 2.27. The molecule has 2 heterocycles. The Balaban J connectivity index is 1.80. The normalized spacial score (nSPS) is 11.0. The van der Waals surface area contributed by atoms with Crippen LogP contribution in [0.1, 0.15) is 11.1 Å². The first-order chi connectivity index (χ1) is 16.5. The van der Waals surface area contributed by atoms with E-state index in [9.17, 15) is 14.9 Å². The van der Waals surface area contributed by atoms with E-state index in [1.165, 1.54) is 17.6 Å². The standard InChI is InChI=1S/C26H20N4O4/c1-17-8-3-4-11-22(17)34-25-21(26(32)30-13-6-5-12-23(30)29-25)14-18(16-27)24(31)28-19-9-7-10-20(15-19)33-2/h3-15H,1-2H3,(H,28,31)/b18-14-. The van der Waals surface area contributed by atoms with Crippen LogP contribution in [0.15, 0.2) is 83.3 Å². The third-order valence-corrected chi connectivity index (χ3v) is 5.02. The molecule has 0 saturated carbocycles. The molecule has 34 heavy (non-hydrogen) atoms. The Hall–Kier alpha value is -4.90. The molecule has 1 N–H and O–H groups in total. The van der Waals surface area contributed by atoms with Gasteiger partial charge in [-0.3, -0.25) is 14.0 Å². The molecule has 2 aromatic carbocycles. The summed E-state index contributed by atoms with van der Waals surface area (Å²) in [6.45, 7) is 1.86. The van der Waals surface area contributed by atoms with Crippen molar-refractivity contribution in [1.29, 1.82) is 5.26 Å². The number of hydrogen-bond acceptors (Lipinski definition) is 6. The van der Waals surface area contributed by atoms with E-state index < -0.39 is 11.5 Å². The predicted molar refractivity (Wildman–Crippen MR) is 128 cm³/mol. The Morgan fingerprint density at radius 3 is 2.68 bits per heavy atom. The number of hydrogen-bond donors (Lipinski definition) is 1. The second-order valence-corrected chi connectivity index (χ2v) is 7.29. The van der Waals surface area contributed by atoms with Crippen molar-refractivity contribution in [2.45, 2.75) is 6.92 Å². The van der Waals surface area contributed by atoms with Gasteiger partial charge in [-0.1, -0.05) is 30.3 Å². The van der Waals surface area contributed by atoms with Gasteiger partial charge in [0.1, 0.15) is 34.4 Å². The lowest BCUT2D eigenvalue weighted by Crippen LogP contribution is -2.20. The Morgan fingerprint density at radius 2 is 1.91 bits per heavy atom. The Kier molecular flexibility index (Phi) is 6.37. The molecule has 0 unspecified atom stereocenters. The largest absolute Gasteiger partial charge is 0.497 e. The maximum Gasteiger partial charge on any atom is 0.269 e. The van der Waals surface area contributed by atoms with Crippen molar-refractivity contribution in [2.24, 2.45) is 0 Å². The molecule has 0 atom stereocenters. The fourth-order valence-corrected chi connectivity index (χ4v) is 3.25. The van der Waals surface area contributed by atoms with Crippen molar-refractivity contribution in [3.8, 4) is 23.4 Å². The van der Waals surface area contributed by atoms with Gasteiger partial charge in [0.15, 0.2) is 0 Å². The second kappa shape index (κ2) is 9.71. The van der Waals surface area contributed by atoms with Crippen LogP contribution in [0.25, 0.3) is 11.7 Å². The molecule has 0 aliphatic carbocycles. The van der Waals surface area contributed by atoms with Gasteiger partial charge < -0.3 is 14.8 Å². The fraction of sp³-hybridized carbons (Fsp3) is 0.0769. The van der Waals surface area contributed by atoms with Gasteiger partial charge in [-0.05, 0) is 48.9 Å². The molecular weight excluding hydrogens is 432 g/mol. The summed E-state index contributed by atoms with van der Waals surface area (Å²) in [6.07, 6.45) is 2.75. The highest BCUT2D eigenvalue weighted by Gasteiger charge is 2.18. The number of carbonyl (C=O) groups is 1. The summed E-state index contributed by atoms with van der Waals surface area (Å²) >= 11 is 0. The van der Waals surface area contributed by atoms with Crippen LogP contribution in [-0.4, -0.2) is 22.4 Å². The van der Waals surface area contributed by atoms with Gasteiger partial charge in [0.25, 0.3) is 11.5 Å². The average Bonchev–Trinajstić information content (AvgIpc) is 2.85. The number of anilines is 1. The number of pyridine rings is 1. The van der Waals surface area contributed by atoms with E-state index in [0.717, 1.165) is 5.56 Å². The first-order valence-corrected chi connectivity index (χ1v) is 10.3. The number of fused-ring (bicyclic) bond motifs is 1. The number of aromatic nitrogens is 2. The lowest BCUT2D eigenvalue weighted by atomic mass is 10.1. The molecule has 8 nitrogen and oxygen atoms in total. The Labute approximate surface area is 195 Å². The molecule has 0 saturated heterocycles. The quantitative estimate of drug-likeness (QED) is 0.344. The number of aryl methyl sites for hydroxylation is 1. The molecular formula is C26H20N4O4. The van der Waals surface area contributed by atoms with Crippen molar-refractivity contribution in [2.75, 3.05) is 12.4 Å². The lowest BCUT2D eigenvalue weighted by molar-refractivity contribution is -0.112. The van der Waals surface area contributed by atoms with Crippen LogP contribution in [0.5, 0.6) is 17.4 Å². The van der Waals surface area contributed by atoms with Gasteiger partial charge in [0, 0.05) is 18.0 Å². The number of methoxy groups -OCH3 is 1. The molecule has 0 radical (unpaired) electrons. The summed E-state index contributed by atoms with van der Waals surface area (Å²) in [7, 11) is 1.51. The van der Waals surface area contributed by atoms with E-state index >= 15 is 0 Å². The van der Waals surface area contributed by atoms with E-state index in [1.807, 2.05) is 25.1 Å². The average molecular weight is 452 g/mol. The lowest BCUT2D eigenvalue weighted by Gasteiger charge is -2.12. The van der Waals surface area contributed by atoms with Crippen LogP contribution in [0.3, 0.4) is 0 Å². The van der Waals surface area contributed by atoms with Crippen molar-refractivity contribution in [3.63, 3.8) is 0 Å². The molecule has 2 aromatic heterocycles. The van der Waals surface area contributed by atoms with Crippen molar-refractivity contribution in [1.82, 2.24) is 9.38 Å². The molecule has 1 amide bonds. The minimum Gasteiger partial charge on any atom is -0.497 e. The van der Waals surface area contributed by atoms with Crippen molar-refractivity contribution in [3.05, 3.63) is 100.0 Å². The van der Waals surface area contributed by atoms with Gasteiger partial charge >= 0.3 is 0 Å². The summed E-state index contributed by atoms with van der Waals surface area (Å²) in [5.41, 5.74) is 0.860. The minimum atomic E-state index is -0.685. The summed E-state index contributed by atoms with van der Waals surface area (Å²) in [5.74, 6) is 0.359. The number of nitriles is 1. The highest BCUT2D eigenvalue weighted by molar-refractivity contribution is 6.09. The van der Waals surface area contributed by atoms with Crippen LogP contribution < -0.4 is 20.3 Å². The molecule has 4 rings (SSSR count). The van der Waals surface area contributed by atoms with Crippen LogP contribution in [0.4, 0.5) is 5.69 Å². The Morgan fingerprint density at radius 1 is 1.12 bits per heavy atom. The first kappa shape index (κ1) is 22.3. The second-order valence-electron chi connectivity index (χ2n) is 7.29. The SMILES string of the molecule is COc1cccc(NC(=O)/C(C#N)=C\c2c(Oc3ccccc3C)nc3ccccn3c2=O)c1.